The number of ether oxygens (including phenoxy) is 3. The number of esters is 1. The summed E-state index contributed by atoms with van der Waals surface area (Å²) in [5.74, 6) is 0.261. The topological polar surface area (TPSA) is 114 Å². The summed E-state index contributed by atoms with van der Waals surface area (Å²) in [6.07, 6.45) is 3.13. The van der Waals surface area contributed by atoms with Gasteiger partial charge in [0.1, 0.15) is 19.0 Å². The molecule has 1 heterocycles. The molecule has 0 aromatic heterocycles. The molecule has 0 atom stereocenters. The van der Waals surface area contributed by atoms with Gasteiger partial charge in [-0.05, 0) is 23.8 Å². The number of amides is 1. The van der Waals surface area contributed by atoms with Crippen molar-refractivity contribution in [3.8, 4) is 23.0 Å². The van der Waals surface area contributed by atoms with Gasteiger partial charge in [0.2, 0.25) is 6.41 Å². The second kappa shape index (κ2) is 8.24. The van der Waals surface area contributed by atoms with Gasteiger partial charge in [-0.25, -0.2) is 4.79 Å². The van der Waals surface area contributed by atoms with Crippen LogP contribution in [0.2, 0.25) is 0 Å². The molecule has 140 valence electrons. The Hall–Kier alpha value is -3.52. The molecule has 1 amide bonds. The molecule has 0 bridgehead atoms. The number of phenols is 1. The Bertz CT molecular complexity index is 892. The van der Waals surface area contributed by atoms with E-state index in [2.05, 4.69) is 5.32 Å². The van der Waals surface area contributed by atoms with Crippen molar-refractivity contribution in [2.24, 2.45) is 0 Å². The lowest BCUT2D eigenvalue weighted by Crippen LogP contribution is -2.16. The number of carbonyl (C=O) groups excluding carboxylic acids is 2. The van der Waals surface area contributed by atoms with Crippen molar-refractivity contribution in [1.29, 1.82) is 0 Å². The average molecular weight is 371 g/mol. The van der Waals surface area contributed by atoms with E-state index >= 15 is 0 Å². The summed E-state index contributed by atoms with van der Waals surface area (Å²) in [6.45, 7) is 0.433. The van der Waals surface area contributed by atoms with E-state index < -0.39 is 5.97 Å². The molecule has 0 spiro atoms. The fourth-order valence-electron chi connectivity index (χ4n) is 2.47. The van der Waals surface area contributed by atoms with Crippen molar-refractivity contribution in [1.82, 2.24) is 0 Å². The van der Waals surface area contributed by atoms with Crippen molar-refractivity contribution in [2.75, 3.05) is 18.5 Å². The Morgan fingerprint density at radius 2 is 1.93 bits per heavy atom. The Morgan fingerprint density at radius 3 is 2.63 bits per heavy atom. The minimum atomic E-state index is -0.681. The summed E-state index contributed by atoms with van der Waals surface area (Å²) in [5.41, 5.74) is 1.21. The van der Waals surface area contributed by atoms with E-state index in [9.17, 15) is 14.7 Å². The fourth-order valence-corrected chi connectivity index (χ4v) is 2.47. The van der Waals surface area contributed by atoms with Gasteiger partial charge in [-0.15, -0.1) is 0 Å². The molecule has 27 heavy (non-hydrogen) atoms. The standard InChI is InChI=1S/C19H17NO7/c21-10-13-7-12(1-3-15(13)23)2-4-19(24)27-16-9-18-17(25-5-6-26-18)8-14(16)20-11-22/h1-4,7-9,11,21,23H,5-6,10H2,(H,20,22). The van der Waals surface area contributed by atoms with Crippen molar-refractivity contribution in [2.45, 2.75) is 6.61 Å². The molecule has 2 aromatic carbocycles. The predicted octanol–water partition coefficient (Wildman–Crippen LogP) is 1.84. The van der Waals surface area contributed by atoms with Gasteiger partial charge in [0, 0.05) is 23.8 Å². The summed E-state index contributed by atoms with van der Waals surface area (Å²) in [6, 6.07) is 7.53. The average Bonchev–Trinajstić information content (AvgIpc) is 2.68. The van der Waals surface area contributed by atoms with Gasteiger partial charge in [-0.3, -0.25) is 4.79 Å². The summed E-state index contributed by atoms with van der Waals surface area (Å²) >= 11 is 0. The molecule has 2 aromatic rings. The molecule has 0 radical (unpaired) electrons. The Labute approximate surface area is 154 Å². The first kappa shape index (κ1) is 18.3. The molecule has 1 aliphatic rings. The highest BCUT2D eigenvalue weighted by Crippen LogP contribution is 2.39. The largest absolute Gasteiger partial charge is 0.508 e. The van der Waals surface area contributed by atoms with Crippen LogP contribution in [0.3, 0.4) is 0 Å². The minimum Gasteiger partial charge on any atom is -0.508 e. The van der Waals surface area contributed by atoms with Crippen LogP contribution in [0.25, 0.3) is 6.08 Å². The first-order valence-corrected chi connectivity index (χ1v) is 8.07. The zero-order valence-electron chi connectivity index (χ0n) is 14.2. The highest BCUT2D eigenvalue weighted by Gasteiger charge is 2.18. The first-order chi connectivity index (χ1) is 13.1. The smallest absolute Gasteiger partial charge is 0.336 e. The molecule has 3 rings (SSSR count). The number of benzene rings is 2. The zero-order valence-corrected chi connectivity index (χ0v) is 14.2. The maximum atomic E-state index is 12.1. The number of aliphatic hydroxyl groups is 1. The quantitative estimate of drug-likeness (QED) is 0.307. The van der Waals surface area contributed by atoms with E-state index in [0.717, 1.165) is 0 Å². The highest BCUT2D eigenvalue weighted by atomic mass is 16.6. The van der Waals surface area contributed by atoms with E-state index in [1.807, 2.05) is 0 Å². The molecular formula is C19H17NO7. The summed E-state index contributed by atoms with van der Waals surface area (Å²) in [4.78, 5) is 22.9. The number of hydrogen-bond acceptors (Lipinski definition) is 7. The van der Waals surface area contributed by atoms with Crippen LogP contribution in [0.4, 0.5) is 5.69 Å². The number of nitrogens with one attached hydrogen (secondary N) is 1. The van der Waals surface area contributed by atoms with Gasteiger partial charge in [0.05, 0.1) is 12.3 Å². The lowest BCUT2D eigenvalue weighted by Gasteiger charge is -2.20. The van der Waals surface area contributed by atoms with Crippen molar-refractivity contribution >= 4 is 24.1 Å². The number of aliphatic hydroxyl groups excluding tert-OH is 1. The van der Waals surface area contributed by atoms with E-state index in [4.69, 9.17) is 19.3 Å². The minimum absolute atomic E-state index is 0.0296. The van der Waals surface area contributed by atoms with Crippen molar-refractivity contribution in [3.63, 3.8) is 0 Å². The molecule has 0 saturated heterocycles. The van der Waals surface area contributed by atoms with Crippen LogP contribution in [-0.4, -0.2) is 35.8 Å². The SMILES string of the molecule is O=CNc1cc2c(cc1OC(=O)C=Cc1ccc(O)c(CO)c1)OCCO2. The number of anilines is 1. The second-order valence-electron chi connectivity index (χ2n) is 5.55. The number of hydrogen-bond donors (Lipinski definition) is 3. The summed E-state index contributed by atoms with van der Waals surface area (Å²) in [7, 11) is 0. The number of fused-ring (bicyclic) bond motifs is 1. The summed E-state index contributed by atoms with van der Waals surface area (Å²) in [5, 5.41) is 21.2. The van der Waals surface area contributed by atoms with Crippen molar-refractivity contribution in [3.05, 3.63) is 47.5 Å². The second-order valence-corrected chi connectivity index (χ2v) is 5.55. The number of aromatic hydroxyl groups is 1. The summed E-state index contributed by atoms with van der Waals surface area (Å²) < 4.78 is 16.2. The lowest BCUT2D eigenvalue weighted by molar-refractivity contribution is -0.128. The predicted molar refractivity (Wildman–Crippen MR) is 95.8 cm³/mol. The van der Waals surface area contributed by atoms with E-state index in [0.29, 0.717) is 42.2 Å². The Morgan fingerprint density at radius 1 is 1.19 bits per heavy atom. The van der Waals surface area contributed by atoms with E-state index in [-0.39, 0.29) is 23.8 Å². The molecule has 8 nitrogen and oxygen atoms in total. The molecule has 3 N–H and O–H groups in total. The van der Waals surface area contributed by atoms with Crippen LogP contribution in [0.1, 0.15) is 11.1 Å². The highest BCUT2D eigenvalue weighted by molar-refractivity contribution is 5.90. The maximum absolute atomic E-state index is 12.1. The van der Waals surface area contributed by atoms with Crippen LogP contribution in [0.5, 0.6) is 23.0 Å². The van der Waals surface area contributed by atoms with Gasteiger partial charge in [-0.2, -0.15) is 0 Å². The molecule has 0 fully saturated rings. The third-order valence-electron chi connectivity index (χ3n) is 3.76. The van der Waals surface area contributed by atoms with Crippen molar-refractivity contribution < 1.29 is 34.0 Å². The normalized spacial score (nSPS) is 12.6. The Balaban J connectivity index is 1.78. The van der Waals surface area contributed by atoms with Gasteiger partial charge >= 0.3 is 5.97 Å². The van der Waals surface area contributed by atoms with Gasteiger partial charge < -0.3 is 29.7 Å². The first-order valence-electron chi connectivity index (χ1n) is 8.07. The molecule has 0 unspecified atom stereocenters. The molecule has 8 heteroatoms. The van der Waals surface area contributed by atoms with Crippen LogP contribution in [0.15, 0.2) is 36.4 Å². The van der Waals surface area contributed by atoms with Crippen LogP contribution >= 0.6 is 0 Å². The van der Waals surface area contributed by atoms with Gasteiger partial charge in [0.15, 0.2) is 17.2 Å². The lowest BCUT2D eigenvalue weighted by atomic mass is 10.1. The molecule has 1 aliphatic heterocycles. The van der Waals surface area contributed by atoms with Crippen LogP contribution < -0.4 is 19.5 Å². The number of rotatable bonds is 6. The third kappa shape index (κ3) is 4.36. The third-order valence-corrected chi connectivity index (χ3v) is 3.76. The van der Waals surface area contributed by atoms with Gasteiger partial charge in [0.25, 0.3) is 0 Å². The van der Waals surface area contributed by atoms with E-state index in [1.54, 1.807) is 12.1 Å². The monoisotopic (exact) mass is 371 g/mol. The molecule has 0 aliphatic carbocycles. The van der Waals surface area contributed by atoms with Crippen LogP contribution in [-0.2, 0) is 16.2 Å². The van der Waals surface area contributed by atoms with Crippen LogP contribution in [0, 0.1) is 0 Å². The number of carbonyl (C=O) groups is 2. The molecular weight excluding hydrogens is 354 g/mol. The maximum Gasteiger partial charge on any atom is 0.336 e. The molecule has 0 saturated carbocycles. The fraction of sp³-hybridized carbons (Fsp3) is 0.158. The van der Waals surface area contributed by atoms with E-state index in [1.165, 1.54) is 30.4 Å². The Kier molecular flexibility index (Phi) is 5.58. The van der Waals surface area contributed by atoms with Gasteiger partial charge in [-0.1, -0.05) is 6.07 Å². The zero-order chi connectivity index (χ0) is 19.2.